The number of carbonyl (C=O) groups is 1. The summed E-state index contributed by atoms with van der Waals surface area (Å²) >= 11 is 0. The predicted molar refractivity (Wildman–Crippen MR) is 89.6 cm³/mol. The second-order valence-corrected chi connectivity index (χ2v) is 5.54. The predicted octanol–water partition coefficient (Wildman–Crippen LogP) is 1.57. The number of amides is 1. The summed E-state index contributed by atoms with van der Waals surface area (Å²) in [7, 11) is 0. The molecule has 0 saturated carbocycles. The smallest absolute Gasteiger partial charge is 0.228 e. The fourth-order valence-corrected chi connectivity index (χ4v) is 2.99. The summed E-state index contributed by atoms with van der Waals surface area (Å²) in [4.78, 5) is 19.0. The summed E-state index contributed by atoms with van der Waals surface area (Å²) in [6, 6.07) is 5.94. The van der Waals surface area contributed by atoms with Gasteiger partial charge in [-0.3, -0.25) is 9.78 Å². The van der Waals surface area contributed by atoms with Gasteiger partial charge in [-0.15, -0.1) is 24.8 Å². The van der Waals surface area contributed by atoms with Crippen molar-refractivity contribution in [3.63, 3.8) is 0 Å². The van der Waals surface area contributed by atoms with Gasteiger partial charge in [-0.2, -0.15) is 0 Å². The van der Waals surface area contributed by atoms with Crippen molar-refractivity contribution in [2.24, 2.45) is 5.92 Å². The van der Waals surface area contributed by atoms with E-state index >= 15 is 0 Å². The van der Waals surface area contributed by atoms with Crippen molar-refractivity contribution in [1.29, 1.82) is 0 Å². The first-order chi connectivity index (χ1) is 9.74. The fraction of sp³-hybridized carbons (Fsp3) is 0.600. The Bertz CT molecular complexity index is 501. The fourth-order valence-electron chi connectivity index (χ4n) is 2.99. The van der Waals surface area contributed by atoms with Crippen LogP contribution < -0.4 is 5.32 Å². The first-order valence-corrected chi connectivity index (χ1v) is 7.27. The molecule has 124 valence electrons. The van der Waals surface area contributed by atoms with Crippen LogP contribution in [0.1, 0.15) is 17.8 Å². The van der Waals surface area contributed by atoms with Gasteiger partial charge < -0.3 is 15.0 Å². The van der Waals surface area contributed by atoms with Gasteiger partial charge in [0.25, 0.3) is 0 Å². The maximum absolute atomic E-state index is 12.7. The molecule has 2 saturated heterocycles. The summed E-state index contributed by atoms with van der Waals surface area (Å²) in [6.45, 7) is 5.50. The number of hydrogen-bond acceptors (Lipinski definition) is 4. The van der Waals surface area contributed by atoms with Crippen molar-refractivity contribution in [2.45, 2.75) is 26.0 Å². The molecule has 3 heterocycles. The van der Waals surface area contributed by atoms with Gasteiger partial charge in [0.1, 0.15) is 0 Å². The zero-order chi connectivity index (χ0) is 13.9. The molecule has 0 aliphatic carbocycles. The van der Waals surface area contributed by atoms with E-state index in [4.69, 9.17) is 4.74 Å². The highest BCUT2D eigenvalue weighted by Gasteiger charge is 2.36. The normalized spacial score (nSPS) is 24.6. The minimum absolute atomic E-state index is 0. The molecule has 1 aromatic rings. The Hall–Kier alpha value is -0.880. The number of fused-ring (bicyclic) bond motifs is 1. The largest absolute Gasteiger partial charge is 0.374 e. The van der Waals surface area contributed by atoms with E-state index in [2.05, 4.69) is 10.3 Å². The maximum atomic E-state index is 12.7. The van der Waals surface area contributed by atoms with Crippen LogP contribution in [0.5, 0.6) is 0 Å². The lowest BCUT2D eigenvalue weighted by atomic mass is 9.93. The van der Waals surface area contributed by atoms with E-state index in [1.165, 1.54) is 0 Å². The zero-order valence-corrected chi connectivity index (χ0v) is 14.3. The van der Waals surface area contributed by atoms with Gasteiger partial charge in [0.15, 0.2) is 0 Å². The molecule has 5 nitrogen and oxygen atoms in total. The van der Waals surface area contributed by atoms with Crippen LogP contribution in [0.2, 0.25) is 0 Å². The Labute approximate surface area is 143 Å². The van der Waals surface area contributed by atoms with Crippen LogP contribution in [-0.2, 0) is 16.1 Å². The topological polar surface area (TPSA) is 54.5 Å². The maximum Gasteiger partial charge on any atom is 0.228 e. The first kappa shape index (κ1) is 19.2. The lowest BCUT2D eigenvalue weighted by molar-refractivity contribution is -0.138. The molecule has 22 heavy (non-hydrogen) atoms. The Balaban J connectivity index is 0.00000121. The minimum atomic E-state index is 0. The Morgan fingerprint density at radius 2 is 2.23 bits per heavy atom. The summed E-state index contributed by atoms with van der Waals surface area (Å²) in [5.41, 5.74) is 1.94. The molecule has 2 aliphatic heterocycles. The van der Waals surface area contributed by atoms with Crippen molar-refractivity contribution in [1.82, 2.24) is 15.2 Å². The number of hydrogen-bond donors (Lipinski definition) is 1. The molecule has 3 rings (SSSR count). The third-order valence-corrected chi connectivity index (χ3v) is 4.05. The molecule has 2 fully saturated rings. The van der Waals surface area contributed by atoms with Crippen molar-refractivity contribution in [2.75, 3.05) is 26.2 Å². The number of ether oxygens (including phenoxy) is 1. The molecule has 2 atom stereocenters. The monoisotopic (exact) mass is 347 g/mol. The molecule has 2 aliphatic rings. The standard InChI is InChI=1S/C15H21N3O2.2ClH/c1-11-3-2-4-12(17-11)10-18-7-8-20-14-9-16-6-5-13(14)15(18)19;;/h2-4,13-14,16H,5-10H2,1H3;2*1H/t13-,14+;;/m1../s1. The van der Waals surface area contributed by atoms with Crippen LogP contribution in [0.25, 0.3) is 0 Å². The molecule has 1 aromatic heterocycles. The van der Waals surface area contributed by atoms with E-state index in [0.29, 0.717) is 19.7 Å². The van der Waals surface area contributed by atoms with E-state index in [0.717, 1.165) is 30.9 Å². The van der Waals surface area contributed by atoms with Crippen LogP contribution in [0, 0.1) is 12.8 Å². The van der Waals surface area contributed by atoms with Crippen LogP contribution in [0.3, 0.4) is 0 Å². The lowest BCUT2D eigenvalue weighted by Crippen LogP contribution is -2.47. The molecule has 0 spiro atoms. The van der Waals surface area contributed by atoms with Gasteiger partial charge in [0.2, 0.25) is 5.91 Å². The summed E-state index contributed by atoms with van der Waals surface area (Å²) in [6.07, 6.45) is 0.896. The molecule has 0 aromatic carbocycles. The average Bonchev–Trinajstić information content (AvgIpc) is 2.60. The number of piperidine rings is 1. The Morgan fingerprint density at radius 1 is 1.41 bits per heavy atom. The quantitative estimate of drug-likeness (QED) is 0.882. The van der Waals surface area contributed by atoms with Crippen LogP contribution in [0.4, 0.5) is 0 Å². The summed E-state index contributed by atoms with van der Waals surface area (Å²) < 4.78 is 5.82. The van der Waals surface area contributed by atoms with Crippen LogP contribution in [-0.4, -0.2) is 48.1 Å². The zero-order valence-electron chi connectivity index (χ0n) is 12.7. The van der Waals surface area contributed by atoms with E-state index < -0.39 is 0 Å². The molecular formula is C15H23Cl2N3O2. The van der Waals surface area contributed by atoms with E-state index in [1.54, 1.807) is 0 Å². The molecular weight excluding hydrogens is 325 g/mol. The number of nitrogens with zero attached hydrogens (tertiary/aromatic N) is 2. The highest BCUT2D eigenvalue weighted by atomic mass is 35.5. The summed E-state index contributed by atoms with van der Waals surface area (Å²) in [5, 5.41) is 3.30. The molecule has 1 amide bonds. The van der Waals surface area contributed by atoms with Crippen molar-refractivity contribution in [3.05, 3.63) is 29.6 Å². The average molecular weight is 348 g/mol. The van der Waals surface area contributed by atoms with E-state index in [1.807, 2.05) is 30.0 Å². The molecule has 1 N–H and O–H groups in total. The van der Waals surface area contributed by atoms with Gasteiger partial charge >= 0.3 is 0 Å². The molecule has 0 bridgehead atoms. The van der Waals surface area contributed by atoms with E-state index in [9.17, 15) is 4.79 Å². The Kier molecular flexibility index (Phi) is 7.56. The van der Waals surface area contributed by atoms with E-state index in [-0.39, 0.29) is 42.7 Å². The van der Waals surface area contributed by atoms with Gasteiger partial charge in [-0.05, 0) is 32.0 Å². The van der Waals surface area contributed by atoms with Crippen molar-refractivity contribution < 1.29 is 9.53 Å². The van der Waals surface area contributed by atoms with Crippen LogP contribution >= 0.6 is 24.8 Å². The second kappa shape index (κ2) is 8.67. The third-order valence-electron chi connectivity index (χ3n) is 4.05. The number of aromatic nitrogens is 1. The van der Waals surface area contributed by atoms with Gasteiger partial charge in [0, 0.05) is 18.8 Å². The molecule has 0 radical (unpaired) electrons. The number of pyridine rings is 1. The van der Waals surface area contributed by atoms with Crippen LogP contribution in [0.15, 0.2) is 18.2 Å². The second-order valence-electron chi connectivity index (χ2n) is 5.54. The number of rotatable bonds is 2. The van der Waals surface area contributed by atoms with Gasteiger partial charge in [-0.25, -0.2) is 0 Å². The minimum Gasteiger partial charge on any atom is -0.374 e. The molecule has 0 unspecified atom stereocenters. The van der Waals surface area contributed by atoms with Gasteiger partial charge in [-0.1, -0.05) is 6.07 Å². The SMILES string of the molecule is Cc1cccc(CN2CCO[C@H]3CNCC[C@H]3C2=O)n1.Cl.Cl. The number of nitrogens with one attached hydrogen (secondary N) is 1. The van der Waals surface area contributed by atoms with Crippen molar-refractivity contribution in [3.8, 4) is 0 Å². The van der Waals surface area contributed by atoms with Gasteiger partial charge in [0.05, 0.1) is 30.9 Å². The molecule has 7 heteroatoms. The highest BCUT2D eigenvalue weighted by molar-refractivity contribution is 5.85. The van der Waals surface area contributed by atoms with Crippen molar-refractivity contribution >= 4 is 30.7 Å². The highest BCUT2D eigenvalue weighted by Crippen LogP contribution is 2.22. The summed E-state index contributed by atoms with van der Waals surface area (Å²) in [5.74, 6) is 0.223. The first-order valence-electron chi connectivity index (χ1n) is 7.27. The number of aryl methyl sites for hydroxylation is 1. The number of carbonyl (C=O) groups excluding carboxylic acids is 1. The number of halogens is 2. The third kappa shape index (κ3) is 4.32. The lowest BCUT2D eigenvalue weighted by Gasteiger charge is -2.30. The Morgan fingerprint density at radius 3 is 3.00 bits per heavy atom.